The normalized spacial score (nSPS) is 14.1. The van der Waals surface area contributed by atoms with Crippen LogP contribution in [0.5, 0.6) is 0 Å². The topological polar surface area (TPSA) is 61.4 Å². The molecule has 0 aromatic carbocycles. The van der Waals surface area contributed by atoms with Gasteiger partial charge in [0.15, 0.2) is 0 Å². The van der Waals surface area contributed by atoms with Crippen LogP contribution in [0.1, 0.15) is 27.7 Å². The van der Waals surface area contributed by atoms with Crippen molar-refractivity contribution < 1.29 is 9.59 Å². The van der Waals surface area contributed by atoms with E-state index in [0.717, 1.165) is 0 Å². The third-order valence-corrected chi connectivity index (χ3v) is 2.59. The Hall–Kier alpha value is -1.10. The predicted molar refractivity (Wildman–Crippen MR) is 64.1 cm³/mol. The zero-order chi connectivity index (χ0) is 12.7. The molecular weight excluding hydrogens is 206 g/mol. The molecule has 0 saturated carbocycles. The number of hydrogen-bond acceptors (Lipinski definition) is 3. The van der Waals surface area contributed by atoms with Gasteiger partial charge < -0.3 is 10.2 Å². The molecule has 2 atom stereocenters. The molecule has 0 aromatic heterocycles. The molecule has 0 aliphatic heterocycles. The fourth-order valence-electron chi connectivity index (χ4n) is 1.55. The summed E-state index contributed by atoms with van der Waals surface area (Å²) in [6.07, 6.45) is 0. The van der Waals surface area contributed by atoms with E-state index in [9.17, 15) is 9.59 Å². The third-order valence-electron chi connectivity index (χ3n) is 2.59. The van der Waals surface area contributed by atoms with Gasteiger partial charge in [0.25, 0.3) is 0 Å². The quantitative estimate of drug-likeness (QED) is 0.672. The van der Waals surface area contributed by atoms with E-state index in [0.29, 0.717) is 13.1 Å². The van der Waals surface area contributed by atoms with Gasteiger partial charge in [-0.15, -0.1) is 0 Å². The van der Waals surface area contributed by atoms with E-state index >= 15 is 0 Å². The van der Waals surface area contributed by atoms with Gasteiger partial charge in [-0.2, -0.15) is 0 Å². The van der Waals surface area contributed by atoms with E-state index < -0.39 is 0 Å². The van der Waals surface area contributed by atoms with Crippen LogP contribution in [0.3, 0.4) is 0 Å². The average Bonchev–Trinajstić information content (AvgIpc) is 2.29. The van der Waals surface area contributed by atoms with Crippen LogP contribution < -0.4 is 10.6 Å². The lowest BCUT2D eigenvalue weighted by Gasteiger charge is -2.25. The first-order valence-corrected chi connectivity index (χ1v) is 5.74. The molecule has 5 heteroatoms. The lowest BCUT2D eigenvalue weighted by molar-refractivity contribution is -0.133. The van der Waals surface area contributed by atoms with Crippen molar-refractivity contribution in [1.29, 1.82) is 0 Å². The Kier molecular flexibility index (Phi) is 6.72. The molecule has 0 aromatic rings. The molecule has 2 amide bonds. The zero-order valence-electron chi connectivity index (χ0n) is 10.8. The number of likely N-dealkylation sites (N-methyl/N-ethyl adjacent to an activating group) is 2. The molecule has 5 nitrogen and oxygen atoms in total. The van der Waals surface area contributed by atoms with E-state index in [4.69, 9.17) is 0 Å². The highest BCUT2D eigenvalue weighted by Crippen LogP contribution is 1.96. The van der Waals surface area contributed by atoms with Crippen LogP contribution in [0.25, 0.3) is 0 Å². The van der Waals surface area contributed by atoms with Crippen molar-refractivity contribution in [3.05, 3.63) is 0 Å². The Balaban J connectivity index is 4.29. The van der Waals surface area contributed by atoms with Crippen LogP contribution in [-0.2, 0) is 9.59 Å². The summed E-state index contributed by atoms with van der Waals surface area (Å²) in [5.41, 5.74) is 0. The second kappa shape index (κ2) is 7.22. The molecule has 16 heavy (non-hydrogen) atoms. The number of nitrogens with one attached hydrogen (secondary N) is 2. The number of hydrogen-bond donors (Lipinski definition) is 2. The maximum Gasteiger partial charge on any atom is 0.239 e. The first-order valence-electron chi connectivity index (χ1n) is 5.74. The van der Waals surface area contributed by atoms with Crippen LogP contribution in [0.4, 0.5) is 0 Å². The number of nitrogens with zero attached hydrogens (tertiary/aromatic N) is 1. The van der Waals surface area contributed by atoms with Crippen molar-refractivity contribution in [2.75, 3.05) is 20.1 Å². The Morgan fingerprint density at radius 3 is 2.00 bits per heavy atom. The Labute approximate surface area is 97.6 Å². The monoisotopic (exact) mass is 229 g/mol. The summed E-state index contributed by atoms with van der Waals surface area (Å²) in [7, 11) is 1.58. The van der Waals surface area contributed by atoms with E-state index in [-0.39, 0.29) is 23.9 Å². The number of carbonyl (C=O) groups is 2. The average molecular weight is 229 g/mol. The first kappa shape index (κ1) is 14.9. The van der Waals surface area contributed by atoms with Gasteiger partial charge in [-0.3, -0.25) is 14.9 Å². The third kappa shape index (κ3) is 4.18. The largest absolute Gasteiger partial charge is 0.358 e. The van der Waals surface area contributed by atoms with Gasteiger partial charge in [-0.1, -0.05) is 0 Å². The molecule has 0 aliphatic rings. The molecule has 0 rings (SSSR count). The maximum atomic E-state index is 11.9. The number of rotatable bonds is 6. The summed E-state index contributed by atoms with van der Waals surface area (Å²) in [6.45, 7) is 8.78. The standard InChI is InChI=1S/C11H23N3O2/c1-6-14(7-2)11(16)9(4)13-8(3)10(15)12-5/h8-9,13H,6-7H2,1-5H3,(H,12,15). The van der Waals surface area contributed by atoms with Gasteiger partial charge >= 0.3 is 0 Å². The Morgan fingerprint density at radius 2 is 1.62 bits per heavy atom. The van der Waals surface area contributed by atoms with Gasteiger partial charge in [-0.25, -0.2) is 0 Å². The highest BCUT2D eigenvalue weighted by Gasteiger charge is 2.21. The lowest BCUT2D eigenvalue weighted by Crippen LogP contribution is -2.51. The van der Waals surface area contributed by atoms with Crippen molar-refractivity contribution in [3.63, 3.8) is 0 Å². The van der Waals surface area contributed by atoms with Gasteiger partial charge in [0.1, 0.15) is 0 Å². The van der Waals surface area contributed by atoms with E-state index in [1.165, 1.54) is 0 Å². The fraction of sp³-hybridized carbons (Fsp3) is 0.818. The SMILES string of the molecule is CCN(CC)C(=O)C(C)NC(C)C(=O)NC. The summed E-state index contributed by atoms with van der Waals surface area (Å²) in [4.78, 5) is 24.9. The van der Waals surface area contributed by atoms with Crippen molar-refractivity contribution >= 4 is 11.8 Å². The molecule has 94 valence electrons. The van der Waals surface area contributed by atoms with Crippen LogP contribution in [-0.4, -0.2) is 48.9 Å². The van der Waals surface area contributed by atoms with Crippen LogP contribution >= 0.6 is 0 Å². The molecule has 0 bridgehead atoms. The summed E-state index contributed by atoms with van der Waals surface area (Å²) >= 11 is 0. The summed E-state index contributed by atoms with van der Waals surface area (Å²) in [6, 6.07) is -0.702. The van der Waals surface area contributed by atoms with Crippen LogP contribution in [0, 0.1) is 0 Å². The molecule has 0 saturated heterocycles. The van der Waals surface area contributed by atoms with Crippen molar-refractivity contribution in [1.82, 2.24) is 15.5 Å². The fourth-order valence-corrected chi connectivity index (χ4v) is 1.55. The maximum absolute atomic E-state index is 11.9. The molecule has 0 fully saturated rings. The van der Waals surface area contributed by atoms with Crippen LogP contribution in [0.2, 0.25) is 0 Å². The smallest absolute Gasteiger partial charge is 0.239 e. The molecule has 0 aliphatic carbocycles. The summed E-state index contributed by atoms with van der Waals surface area (Å²) in [5, 5.41) is 5.52. The Bertz CT molecular complexity index is 239. The molecule has 0 radical (unpaired) electrons. The minimum absolute atomic E-state index is 0.0285. The van der Waals surface area contributed by atoms with E-state index in [1.807, 2.05) is 13.8 Å². The highest BCUT2D eigenvalue weighted by molar-refractivity contribution is 5.84. The molecule has 0 heterocycles. The predicted octanol–water partition coefficient (Wildman–Crippen LogP) is -0.0326. The molecular formula is C11H23N3O2. The Morgan fingerprint density at radius 1 is 1.12 bits per heavy atom. The van der Waals surface area contributed by atoms with Crippen molar-refractivity contribution in [2.45, 2.75) is 39.8 Å². The van der Waals surface area contributed by atoms with Gasteiger partial charge in [-0.05, 0) is 27.7 Å². The minimum atomic E-state index is -0.362. The van der Waals surface area contributed by atoms with E-state index in [1.54, 1.807) is 25.8 Å². The summed E-state index contributed by atoms with van der Waals surface area (Å²) in [5.74, 6) is -0.0834. The van der Waals surface area contributed by atoms with Gasteiger partial charge in [0.05, 0.1) is 12.1 Å². The molecule has 2 N–H and O–H groups in total. The second-order valence-electron chi connectivity index (χ2n) is 3.73. The second-order valence-corrected chi connectivity index (χ2v) is 3.73. The van der Waals surface area contributed by atoms with Crippen molar-refractivity contribution in [3.8, 4) is 0 Å². The molecule has 0 spiro atoms. The highest BCUT2D eigenvalue weighted by atomic mass is 16.2. The zero-order valence-corrected chi connectivity index (χ0v) is 10.8. The first-order chi connectivity index (χ1) is 7.47. The number of amides is 2. The lowest BCUT2D eigenvalue weighted by atomic mass is 10.2. The van der Waals surface area contributed by atoms with E-state index in [2.05, 4.69) is 10.6 Å². The van der Waals surface area contributed by atoms with Gasteiger partial charge in [0, 0.05) is 20.1 Å². The van der Waals surface area contributed by atoms with Crippen molar-refractivity contribution in [2.24, 2.45) is 0 Å². The van der Waals surface area contributed by atoms with Crippen LogP contribution in [0.15, 0.2) is 0 Å². The molecule has 2 unspecified atom stereocenters. The summed E-state index contributed by atoms with van der Waals surface area (Å²) < 4.78 is 0. The minimum Gasteiger partial charge on any atom is -0.358 e. The van der Waals surface area contributed by atoms with Gasteiger partial charge in [0.2, 0.25) is 11.8 Å². The number of carbonyl (C=O) groups excluding carboxylic acids is 2.